The van der Waals surface area contributed by atoms with Gasteiger partial charge in [-0.15, -0.1) is 0 Å². The van der Waals surface area contributed by atoms with Gasteiger partial charge in [-0.1, -0.05) is 19.3 Å². The van der Waals surface area contributed by atoms with E-state index in [1.807, 2.05) is 0 Å². The molecule has 0 heterocycles. The largest absolute Gasteiger partial charge is 0.381 e. The van der Waals surface area contributed by atoms with Gasteiger partial charge in [0.1, 0.15) is 5.82 Å². The van der Waals surface area contributed by atoms with Crippen molar-refractivity contribution in [1.29, 1.82) is 0 Å². The topological polar surface area (TPSA) is 61.4 Å². The maximum Gasteiger partial charge on any atom is 0.186 e. The van der Waals surface area contributed by atoms with Gasteiger partial charge in [-0.3, -0.25) is 0 Å². The van der Waals surface area contributed by atoms with E-state index in [0.29, 0.717) is 10.9 Å². The van der Waals surface area contributed by atoms with Gasteiger partial charge in [0.25, 0.3) is 0 Å². The van der Waals surface area contributed by atoms with Crippen molar-refractivity contribution in [3.63, 3.8) is 0 Å². The molecule has 24 heavy (non-hydrogen) atoms. The SMILES string of the molecule is O=S(O)c1ccc(Nc2ccc(F)cc2NC2CCCCC2)cc1. The Kier molecular flexibility index (Phi) is 5.48. The fourth-order valence-electron chi connectivity index (χ4n) is 3.02. The van der Waals surface area contributed by atoms with Crippen LogP contribution in [0.2, 0.25) is 0 Å². The monoisotopic (exact) mass is 348 g/mol. The molecule has 0 aliphatic heterocycles. The summed E-state index contributed by atoms with van der Waals surface area (Å²) in [4.78, 5) is 0.347. The first-order valence-electron chi connectivity index (χ1n) is 8.16. The Balaban J connectivity index is 1.77. The Labute approximate surface area is 143 Å². The average molecular weight is 348 g/mol. The zero-order chi connectivity index (χ0) is 16.9. The lowest BCUT2D eigenvalue weighted by atomic mass is 9.95. The van der Waals surface area contributed by atoms with Crippen LogP contribution in [0.15, 0.2) is 47.4 Å². The molecular formula is C18H21FN2O2S. The minimum absolute atomic E-state index is 0.273. The molecule has 128 valence electrons. The molecular weight excluding hydrogens is 327 g/mol. The van der Waals surface area contributed by atoms with Gasteiger partial charge >= 0.3 is 0 Å². The number of nitrogens with one attached hydrogen (secondary N) is 2. The van der Waals surface area contributed by atoms with Crippen LogP contribution in [0, 0.1) is 5.82 Å². The molecule has 0 bridgehead atoms. The molecule has 1 aliphatic rings. The van der Waals surface area contributed by atoms with Crippen LogP contribution in [-0.4, -0.2) is 14.8 Å². The summed E-state index contributed by atoms with van der Waals surface area (Å²) in [6, 6.07) is 11.7. The molecule has 0 radical (unpaired) electrons. The predicted octanol–water partition coefficient (Wildman–Crippen LogP) is 4.89. The van der Waals surface area contributed by atoms with E-state index in [4.69, 9.17) is 4.55 Å². The minimum atomic E-state index is -1.99. The summed E-state index contributed by atoms with van der Waals surface area (Å²) in [6.45, 7) is 0. The van der Waals surface area contributed by atoms with Crippen molar-refractivity contribution in [3.05, 3.63) is 48.3 Å². The first-order valence-corrected chi connectivity index (χ1v) is 9.26. The number of rotatable bonds is 5. The fourth-order valence-corrected chi connectivity index (χ4v) is 3.39. The minimum Gasteiger partial charge on any atom is -0.381 e. The highest BCUT2D eigenvalue weighted by molar-refractivity contribution is 7.79. The lowest BCUT2D eigenvalue weighted by molar-refractivity contribution is 0.462. The van der Waals surface area contributed by atoms with Crippen LogP contribution in [0.1, 0.15) is 32.1 Å². The van der Waals surface area contributed by atoms with Gasteiger partial charge in [0, 0.05) is 11.7 Å². The molecule has 0 saturated heterocycles. The summed E-state index contributed by atoms with van der Waals surface area (Å²) in [5, 5.41) is 6.69. The van der Waals surface area contributed by atoms with Gasteiger partial charge in [-0.05, 0) is 55.3 Å². The summed E-state index contributed by atoms with van der Waals surface area (Å²) in [5.74, 6) is -0.273. The highest BCUT2D eigenvalue weighted by atomic mass is 32.2. The lowest BCUT2D eigenvalue weighted by Gasteiger charge is -2.25. The second-order valence-electron chi connectivity index (χ2n) is 6.07. The van der Waals surface area contributed by atoms with Gasteiger partial charge in [0.05, 0.1) is 16.3 Å². The number of hydrogen-bond donors (Lipinski definition) is 3. The van der Waals surface area contributed by atoms with E-state index >= 15 is 0 Å². The molecule has 6 heteroatoms. The maximum absolute atomic E-state index is 13.7. The maximum atomic E-state index is 13.7. The average Bonchev–Trinajstić information content (AvgIpc) is 2.59. The zero-order valence-corrected chi connectivity index (χ0v) is 14.1. The summed E-state index contributed by atoms with van der Waals surface area (Å²) in [7, 11) is 0. The van der Waals surface area contributed by atoms with E-state index in [9.17, 15) is 8.60 Å². The van der Waals surface area contributed by atoms with Crippen molar-refractivity contribution < 1.29 is 13.2 Å². The van der Waals surface area contributed by atoms with Gasteiger partial charge < -0.3 is 15.2 Å². The Morgan fingerprint density at radius 1 is 1.00 bits per heavy atom. The van der Waals surface area contributed by atoms with Crippen LogP contribution in [0.3, 0.4) is 0 Å². The molecule has 0 amide bonds. The summed E-state index contributed by atoms with van der Waals surface area (Å²) in [6.07, 6.45) is 5.88. The van der Waals surface area contributed by atoms with E-state index in [0.717, 1.165) is 29.9 Å². The van der Waals surface area contributed by atoms with Gasteiger partial charge in [-0.2, -0.15) is 0 Å². The van der Waals surface area contributed by atoms with Crippen molar-refractivity contribution in [2.45, 2.75) is 43.0 Å². The van der Waals surface area contributed by atoms with Crippen molar-refractivity contribution in [3.8, 4) is 0 Å². The molecule has 1 aliphatic carbocycles. The van der Waals surface area contributed by atoms with E-state index in [1.54, 1.807) is 30.3 Å². The second kappa shape index (κ2) is 7.77. The summed E-state index contributed by atoms with van der Waals surface area (Å²) < 4.78 is 33.7. The number of anilines is 3. The number of benzene rings is 2. The van der Waals surface area contributed by atoms with E-state index in [-0.39, 0.29) is 5.82 Å². The molecule has 1 saturated carbocycles. The van der Waals surface area contributed by atoms with Crippen LogP contribution in [0.4, 0.5) is 21.5 Å². The van der Waals surface area contributed by atoms with Crippen LogP contribution in [0.25, 0.3) is 0 Å². The molecule has 1 atom stereocenters. The van der Waals surface area contributed by atoms with Gasteiger partial charge in [0.15, 0.2) is 11.1 Å². The molecule has 3 N–H and O–H groups in total. The van der Waals surface area contributed by atoms with Crippen LogP contribution < -0.4 is 10.6 Å². The molecule has 1 unspecified atom stereocenters. The number of hydrogen-bond acceptors (Lipinski definition) is 3. The molecule has 1 fully saturated rings. The fraction of sp³-hybridized carbons (Fsp3) is 0.333. The van der Waals surface area contributed by atoms with Crippen LogP contribution in [-0.2, 0) is 11.1 Å². The molecule has 0 aromatic heterocycles. The Bertz CT molecular complexity index is 715. The molecule has 4 nitrogen and oxygen atoms in total. The quantitative estimate of drug-likeness (QED) is 0.673. The Hall–Kier alpha value is -1.92. The van der Waals surface area contributed by atoms with Crippen LogP contribution >= 0.6 is 0 Å². The third-order valence-electron chi connectivity index (χ3n) is 4.28. The van der Waals surface area contributed by atoms with E-state index < -0.39 is 11.1 Å². The number of halogens is 1. The molecule has 2 aromatic rings. The zero-order valence-electron chi connectivity index (χ0n) is 13.3. The highest BCUT2D eigenvalue weighted by Crippen LogP contribution is 2.30. The second-order valence-corrected chi connectivity index (χ2v) is 7.04. The van der Waals surface area contributed by atoms with Crippen molar-refractivity contribution in [1.82, 2.24) is 0 Å². The van der Waals surface area contributed by atoms with E-state index in [2.05, 4.69) is 10.6 Å². The Morgan fingerprint density at radius 3 is 2.38 bits per heavy atom. The van der Waals surface area contributed by atoms with Crippen LogP contribution in [0.5, 0.6) is 0 Å². The molecule has 0 spiro atoms. The predicted molar refractivity (Wildman–Crippen MR) is 95.7 cm³/mol. The van der Waals surface area contributed by atoms with Crippen molar-refractivity contribution >= 4 is 28.1 Å². The third-order valence-corrected chi connectivity index (χ3v) is 4.96. The van der Waals surface area contributed by atoms with Gasteiger partial charge in [0.2, 0.25) is 0 Å². The third kappa shape index (κ3) is 4.33. The first kappa shape index (κ1) is 16.9. The first-order chi connectivity index (χ1) is 11.6. The normalized spacial score (nSPS) is 16.6. The highest BCUT2D eigenvalue weighted by Gasteiger charge is 2.15. The summed E-state index contributed by atoms with van der Waals surface area (Å²) >= 11 is -1.99. The lowest BCUT2D eigenvalue weighted by Crippen LogP contribution is -2.22. The van der Waals surface area contributed by atoms with Gasteiger partial charge in [-0.25, -0.2) is 8.60 Å². The van der Waals surface area contributed by atoms with Crippen molar-refractivity contribution in [2.75, 3.05) is 10.6 Å². The molecule has 3 rings (SSSR count). The molecule has 2 aromatic carbocycles. The Morgan fingerprint density at radius 2 is 1.71 bits per heavy atom. The smallest absolute Gasteiger partial charge is 0.186 e. The van der Waals surface area contributed by atoms with Crippen molar-refractivity contribution in [2.24, 2.45) is 0 Å². The van der Waals surface area contributed by atoms with E-state index in [1.165, 1.54) is 31.4 Å². The standard InChI is InChI=1S/C18H21FN2O2S/c19-13-6-11-17(18(12-13)21-14-4-2-1-3-5-14)20-15-7-9-16(10-8-15)24(22)23/h6-12,14,20-21H,1-5H2,(H,22,23). The summed E-state index contributed by atoms with van der Waals surface area (Å²) in [5.41, 5.74) is 2.32.